The quantitative estimate of drug-likeness (QED) is 0.755. The maximum Gasteiger partial charge on any atom is 0.410 e. The van der Waals surface area contributed by atoms with E-state index < -0.39 is 5.60 Å². The lowest BCUT2D eigenvalue weighted by Crippen LogP contribution is -2.54. The highest BCUT2D eigenvalue weighted by Gasteiger charge is 2.39. The summed E-state index contributed by atoms with van der Waals surface area (Å²) in [6.45, 7) is 11.1. The molecule has 1 saturated carbocycles. The molecule has 2 fully saturated rings. The van der Waals surface area contributed by atoms with Crippen LogP contribution in [0.2, 0.25) is 0 Å². The van der Waals surface area contributed by atoms with Crippen LogP contribution >= 0.6 is 0 Å². The molecule has 0 radical (unpaired) electrons. The van der Waals surface area contributed by atoms with E-state index in [-0.39, 0.29) is 11.5 Å². The molecule has 2 unspecified atom stereocenters. The highest BCUT2D eigenvalue weighted by Crippen LogP contribution is 2.33. The zero-order chi connectivity index (χ0) is 18.5. The molecule has 0 aromatic rings. The van der Waals surface area contributed by atoms with Gasteiger partial charge in [-0.15, -0.1) is 0 Å². The minimum absolute atomic E-state index is 0.0161. The highest BCUT2D eigenvalue weighted by atomic mass is 16.6. The van der Waals surface area contributed by atoms with E-state index in [1.807, 2.05) is 25.7 Å². The predicted molar refractivity (Wildman–Crippen MR) is 101 cm³/mol. The summed E-state index contributed by atoms with van der Waals surface area (Å²) in [6.07, 6.45) is 7.33. The fourth-order valence-electron chi connectivity index (χ4n) is 4.01. The van der Waals surface area contributed by atoms with Crippen molar-refractivity contribution in [2.24, 2.45) is 11.3 Å². The number of piperidine rings is 1. The third-order valence-corrected chi connectivity index (χ3v) is 5.50. The molecule has 146 valence electrons. The van der Waals surface area contributed by atoms with E-state index in [4.69, 9.17) is 9.47 Å². The number of carbonyl (C=O) groups is 1. The van der Waals surface area contributed by atoms with Crippen molar-refractivity contribution in [2.75, 3.05) is 33.4 Å². The van der Waals surface area contributed by atoms with Crippen molar-refractivity contribution in [1.29, 1.82) is 0 Å². The molecule has 0 spiro atoms. The van der Waals surface area contributed by atoms with Crippen molar-refractivity contribution in [1.82, 2.24) is 10.2 Å². The fourth-order valence-corrected chi connectivity index (χ4v) is 4.01. The Morgan fingerprint density at radius 1 is 1.32 bits per heavy atom. The number of rotatable bonds is 7. The number of methoxy groups -OCH3 is 1. The van der Waals surface area contributed by atoms with Crippen molar-refractivity contribution in [3.8, 4) is 0 Å². The summed E-state index contributed by atoms with van der Waals surface area (Å²) in [6, 6.07) is 0.524. The lowest BCUT2D eigenvalue weighted by atomic mass is 9.79. The number of nitrogens with zero attached hydrogens (tertiary/aromatic N) is 1. The van der Waals surface area contributed by atoms with Crippen molar-refractivity contribution < 1.29 is 14.3 Å². The topological polar surface area (TPSA) is 50.8 Å². The predicted octanol–water partition coefficient (Wildman–Crippen LogP) is 3.82. The number of hydrogen-bond acceptors (Lipinski definition) is 4. The molecule has 25 heavy (non-hydrogen) atoms. The highest BCUT2D eigenvalue weighted by molar-refractivity contribution is 5.68. The van der Waals surface area contributed by atoms with E-state index in [1.165, 1.54) is 25.7 Å². The van der Waals surface area contributed by atoms with Crippen LogP contribution in [-0.2, 0) is 9.47 Å². The van der Waals surface area contributed by atoms with Gasteiger partial charge in [0.1, 0.15) is 5.60 Å². The van der Waals surface area contributed by atoms with Crippen LogP contribution in [0.15, 0.2) is 0 Å². The van der Waals surface area contributed by atoms with Gasteiger partial charge in [0.15, 0.2) is 0 Å². The monoisotopic (exact) mass is 354 g/mol. The molecule has 5 nitrogen and oxygen atoms in total. The average molecular weight is 355 g/mol. The lowest BCUT2D eigenvalue weighted by molar-refractivity contribution is -0.0163. The second-order valence-corrected chi connectivity index (χ2v) is 9.25. The van der Waals surface area contributed by atoms with E-state index in [9.17, 15) is 4.79 Å². The molecule has 1 N–H and O–H groups in total. The number of ether oxygens (including phenoxy) is 2. The van der Waals surface area contributed by atoms with Crippen LogP contribution in [0.4, 0.5) is 4.79 Å². The molecule has 2 atom stereocenters. The Hall–Kier alpha value is -0.810. The first-order valence-corrected chi connectivity index (χ1v) is 9.93. The molecular formula is C20H38N2O3. The van der Waals surface area contributed by atoms with Crippen LogP contribution in [0, 0.1) is 11.3 Å². The van der Waals surface area contributed by atoms with Crippen molar-refractivity contribution >= 4 is 6.09 Å². The van der Waals surface area contributed by atoms with E-state index in [0.717, 1.165) is 31.8 Å². The Bertz CT molecular complexity index is 427. The van der Waals surface area contributed by atoms with Gasteiger partial charge < -0.3 is 19.7 Å². The standard InChI is InChI=1S/C20H38N2O3/c1-16(12-17-8-6-9-17)21-13-20(15-24-5)10-7-11-22(14-20)18(23)25-19(2,3)4/h16-17,21H,6-15H2,1-5H3. The second-order valence-electron chi connectivity index (χ2n) is 9.25. The Balaban J connectivity index is 1.90. The molecule has 2 aliphatic rings. The van der Waals surface area contributed by atoms with E-state index in [0.29, 0.717) is 19.2 Å². The number of likely N-dealkylation sites (tertiary alicyclic amines) is 1. The normalized spacial score (nSPS) is 26.2. The minimum atomic E-state index is -0.450. The third-order valence-electron chi connectivity index (χ3n) is 5.50. The zero-order valence-electron chi connectivity index (χ0n) is 16.9. The van der Waals surface area contributed by atoms with Crippen LogP contribution in [-0.4, -0.2) is 56.0 Å². The average Bonchev–Trinajstić information content (AvgIpc) is 2.48. The smallest absolute Gasteiger partial charge is 0.410 e. The number of carbonyl (C=O) groups excluding carboxylic acids is 1. The number of amides is 1. The van der Waals surface area contributed by atoms with E-state index >= 15 is 0 Å². The Kier molecular flexibility index (Phi) is 7.15. The van der Waals surface area contributed by atoms with Gasteiger partial charge in [-0.1, -0.05) is 19.3 Å². The van der Waals surface area contributed by atoms with Gasteiger partial charge >= 0.3 is 6.09 Å². The molecule has 1 amide bonds. The Morgan fingerprint density at radius 2 is 2.04 bits per heavy atom. The zero-order valence-corrected chi connectivity index (χ0v) is 16.9. The Morgan fingerprint density at radius 3 is 2.60 bits per heavy atom. The van der Waals surface area contributed by atoms with Crippen LogP contribution in [0.1, 0.15) is 66.2 Å². The van der Waals surface area contributed by atoms with Gasteiger partial charge in [0.05, 0.1) is 6.61 Å². The molecule has 1 saturated heterocycles. The minimum Gasteiger partial charge on any atom is -0.444 e. The molecule has 1 aliphatic carbocycles. The summed E-state index contributed by atoms with van der Waals surface area (Å²) in [7, 11) is 1.76. The van der Waals surface area contributed by atoms with Gasteiger partial charge in [0.25, 0.3) is 0 Å². The molecule has 2 rings (SSSR count). The van der Waals surface area contributed by atoms with Crippen LogP contribution in [0.5, 0.6) is 0 Å². The summed E-state index contributed by atoms with van der Waals surface area (Å²) in [4.78, 5) is 14.3. The van der Waals surface area contributed by atoms with Gasteiger partial charge in [-0.05, 0) is 52.9 Å². The molecule has 1 aliphatic heterocycles. The van der Waals surface area contributed by atoms with E-state index in [2.05, 4.69) is 12.2 Å². The number of hydrogen-bond donors (Lipinski definition) is 1. The first-order valence-electron chi connectivity index (χ1n) is 9.93. The summed E-state index contributed by atoms with van der Waals surface area (Å²) < 4.78 is 11.1. The number of nitrogens with one attached hydrogen (secondary N) is 1. The molecule has 5 heteroatoms. The first-order chi connectivity index (χ1) is 11.7. The second kappa shape index (κ2) is 8.72. The maximum atomic E-state index is 12.5. The van der Waals surface area contributed by atoms with Crippen LogP contribution in [0.3, 0.4) is 0 Å². The van der Waals surface area contributed by atoms with Crippen LogP contribution < -0.4 is 5.32 Å². The summed E-state index contributed by atoms with van der Waals surface area (Å²) in [5.41, 5.74) is -0.467. The van der Waals surface area contributed by atoms with Gasteiger partial charge in [0, 0.05) is 38.2 Å². The lowest BCUT2D eigenvalue weighted by Gasteiger charge is -2.43. The Labute approximate surface area is 153 Å². The molecule has 0 aromatic heterocycles. The molecule has 0 bridgehead atoms. The van der Waals surface area contributed by atoms with E-state index in [1.54, 1.807) is 7.11 Å². The fraction of sp³-hybridized carbons (Fsp3) is 0.950. The van der Waals surface area contributed by atoms with Crippen LogP contribution in [0.25, 0.3) is 0 Å². The summed E-state index contributed by atoms with van der Waals surface area (Å²) in [5.74, 6) is 0.908. The summed E-state index contributed by atoms with van der Waals surface area (Å²) in [5, 5.41) is 3.73. The van der Waals surface area contributed by atoms with Gasteiger partial charge in [-0.3, -0.25) is 0 Å². The molecule has 1 heterocycles. The van der Waals surface area contributed by atoms with Crippen molar-refractivity contribution in [2.45, 2.75) is 77.9 Å². The van der Waals surface area contributed by atoms with Gasteiger partial charge in [-0.25, -0.2) is 4.79 Å². The van der Waals surface area contributed by atoms with Crippen molar-refractivity contribution in [3.05, 3.63) is 0 Å². The SMILES string of the molecule is COCC1(CNC(C)CC2CCC2)CCCN(C(=O)OC(C)(C)C)C1. The molecule has 0 aromatic carbocycles. The van der Waals surface area contributed by atoms with Gasteiger partial charge in [0.2, 0.25) is 0 Å². The van der Waals surface area contributed by atoms with Gasteiger partial charge in [-0.2, -0.15) is 0 Å². The molecular weight excluding hydrogens is 316 g/mol. The maximum absolute atomic E-state index is 12.5. The third kappa shape index (κ3) is 6.45. The largest absolute Gasteiger partial charge is 0.444 e. The summed E-state index contributed by atoms with van der Waals surface area (Å²) >= 11 is 0. The first kappa shape index (κ1) is 20.5. The van der Waals surface area contributed by atoms with Crippen molar-refractivity contribution in [3.63, 3.8) is 0 Å².